The monoisotopic (exact) mass is 375 g/mol. The van der Waals surface area contributed by atoms with Crippen LogP contribution in [0, 0.1) is 11.3 Å². The molecule has 3 rings (SSSR count). The lowest BCUT2D eigenvalue weighted by molar-refractivity contribution is -0.122. The molecular formula is C21H17N3O4. The molecule has 0 aliphatic rings. The summed E-state index contributed by atoms with van der Waals surface area (Å²) in [5, 5.41) is 14.5. The van der Waals surface area contributed by atoms with E-state index in [-0.39, 0.29) is 17.6 Å². The minimum atomic E-state index is -0.798. The Balaban J connectivity index is 1.58. The predicted octanol–water partition coefficient (Wildman–Crippen LogP) is 3.81. The minimum absolute atomic E-state index is 0.209. The Morgan fingerprint density at radius 2 is 1.68 bits per heavy atom. The van der Waals surface area contributed by atoms with Crippen LogP contribution in [-0.4, -0.2) is 17.9 Å². The average Bonchev–Trinajstić information content (AvgIpc) is 3.25. The Bertz CT molecular complexity index is 1000. The number of benzene rings is 2. The molecule has 2 amide bonds. The van der Waals surface area contributed by atoms with E-state index in [1.807, 2.05) is 6.07 Å². The first-order valence-electron chi connectivity index (χ1n) is 8.48. The molecule has 1 heterocycles. The molecule has 7 heteroatoms. The average molecular weight is 375 g/mol. The fourth-order valence-electron chi connectivity index (χ4n) is 2.39. The zero-order valence-electron chi connectivity index (χ0n) is 15.0. The second kappa shape index (κ2) is 8.56. The second-order valence-corrected chi connectivity index (χ2v) is 5.87. The summed E-state index contributed by atoms with van der Waals surface area (Å²) in [7, 11) is 0. The summed E-state index contributed by atoms with van der Waals surface area (Å²) in [6.07, 6.45) is 0.624. The summed E-state index contributed by atoms with van der Waals surface area (Å²) in [4.78, 5) is 24.3. The summed E-state index contributed by atoms with van der Waals surface area (Å²) in [6, 6.07) is 18.6. The van der Waals surface area contributed by atoms with Gasteiger partial charge in [0.1, 0.15) is 11.8 Å². The van der Waals surface area contributed by atoms with Crippen molar-refractivity contribution >= 4 is 23.2 Å². The number of hydrogen-bond acceptors (Lipinski definition) is 5. The number of carbonyl (C=O) groups is 2. The van der Waals surface area contributed by atoms with Gasteiger partial charge < -0.3 is 19.8 Å². The molecule has 0 aliphatic carbocycles. The second-order valence-electron chi connectivity index (χ2n) is 5.87. The maximum absolute atomic E-state index is 12.3. The van der Waals surface area contributed by atoms with Crippen LogP contribution >= 0.6 is 0 Å². The molecule has 0 aliphatic heterocycles. The number of furan rings is 1. The van der Waals surface area contributed by atoms with Crippen LogP contribution < -0.4 is 15.4 Å². The van der Waals surface area contributed by atoms with Gasteiger partial charge in [-0.3, -0.25) is 9.59 Å². The van der Waals surface area contributed by atoms with Gasteiger partial charge in [0.2, 0.25) is 0 Å². The first-order valence-corrected chi connectivity index (χ1v) is 8.48. The highest BCUT2D eigenvalue weighted by atomic mass is 16.5. The molecule has 0 saturated carbocycles. The highest BCUT2D eigenvalue weighted by Gasteiger charge is 2.16. The molecule has 0 saturated heterocycles. The van der Waals surface area contributed by atoms with E-state index in [0.29, 0.717) is 22.7 Å². The van der Waals surface area contributed by atoms with Gasteiger partial charge in [0, 0.05) is 11.4 Å². The molecule has 1 unspecified atom stereocenters. The largest absolute Gasteiger partial charge is 0.480 e. The van der Waals surface area contributed by atoms with E-state index in [4.69, 9.17) is 14.4 Å². The third-order valence-electron chi connectivity index (χ3n) is 3.84. The van der Waals surface area contributed by atoms with Crippen molar-refractivity contribution in [3.05, 3.63) is 78.3 Å². The third-order valence-corrected chi connectivity index (χ3v) is 3.84. The molecule has 0 bridgehead atoms. The fourth-order valence-corrected chi connectivity index (χ4v) is 2.39. The van der Waals surface area contributed by atoms with Crippen molar-refractivity contribution in [3.63, 3.8) is 0 Å². The lowest BCUT2D eigenvalue weighted by Crippen LogP contribution is -2.30. The third kappa shape index (κ3) is 4.56. The van der Waals surface area contributed by atoms with Crippen molar-refractivity contribution in [1.29, 1.82) is 5.26 Å². The molecule has 28 heavy (non-hydrogen) atoms. The minimum Gasteiger partial charge on any atom is -0.480 e. The van der Waals surface area contributed by atoms with E-state index in [0.717, 1.165) is 0 Å². The highest BCUT2D eigenvalue weighted by Crippen LogP contribution is 2.19. The van der Waals surface area contributed by atoms with Crippen LogP contribution in [0.1, 0.15) is 23.0 Å². The van der Waals surface area contributed by atoms with Crippen LogP contribution in [0.5, 0.6) is 5.75 Å². The smallest absolute Gasteiger partial charge is 0.291 e. The van der Waals surface area contributed by atoms with Crippen LogP contribution in [0.4, 0.5) is 11.4 Å². The van der Waals surface area contributed by atoms with Crippen LogP contribution in [0.25, 0.3) is 0 Å². The summed E-state index contributed by atoms with van der Waals surface area (Å²) in [6.45, 7) is 1.60. The SMILES string of the molecule is CC(Oc1ccccc1C#N)C(=O)Nc1ccc(NC(=O)c2ccco2)cc1. The summed E-state index contributed by atoms with van der Waals surface area (Å²) >= 11 is 0. The Morgan fingerprint density at radius 1 is 1.00 bits per heavy atom. The number of nitriles is 1. The van der Waals surface area contributed by atoms with Gasteiger partial charge in [-0.25, -0.2) is 0 Å². The van der Waals surface area contributed by atoms with Crippen LogP contribution in [-0.2, 0) is 4.79 Å². The summed E-state index contributed by atoms with van der Waals surface area (Å²) < 4.78 is 10.6. The molecule has 0 radical (unpaired) electrons. The van der Waals surface area contributed by atoms with Gasteiger partial charge in [-0.1, -0.05) is 12.1 Å². The summed E-state index contributed by atoms with van der Waals surface area (Å²) in [5.74, 6) is -0.162. The van der Waals surface area contributed by atoms with Gasteiger partial charge in [0.05, 0.1) is 11.8 Å². The van der Waals surface area contributed by atoms with E-state index in [1.165, 1.54) is 6.26 Å². The van der Waals surface area contributed by atoms with Crippen molar-refractivity contribution in [2.45, 2.75) is 13.0 Å². The molecule has 1 atom stereocenters. The zero-order valence-corrected chi connectivity index (χ0v) is 15.0. The number of rotatable bonds is 6. The molecule has 0 spiro atoms. The Labute approximate surface area is 161 Å². The van der Waals surface area contributed by atoms with Gasteiger partial charge in [0.25, 0.3) is 11.8 Å². The van der Waals surface area contributed by atoms with Crippen molar-refractivity contribution in [3.8, 4) is 11.8 Å². The van der Waals surface area contributed by atoms with E-state index in [1.54, 1.807) is 67.6 Å². The predicted molar refractivity (Wildman–Crippen MR) is 103 cm³/mol. The molecule has 0 fully saturated rings. The maximum atomic E-state index is 12.3. The van der Waals surface area contributed by atoms with Gasteiger partial charge >= 0.3 is 0 Å². The highest BCUT2D eigenvalue weighted by molar-refractivity contribution is 6.02. The normalized spacial score (nSPS) is 11.1. The van der Waals surface area contributed by atoms with Gasteiger partial charge in [-0.05, 0) is 55.5 Å². The lowest BCUT2D eigenvalue weighted by Gasteiger charge is -2.15. The molecule has 3 aromatic rings. The van der Waals surface area contributed by atoms with Gasteiger partial charge in [-0.15, -0.1) is 0 Å². The molecular weight excluding hydrogens is 358 g/mol. The van der Waals surface area contributed by atoms with Crippen molar-refractivity contribution in [2.75, 3.05) is 10.6 Å². The lowest BCUT2D eigenvalue weighted by atomic mass is 10.2. The van der Waals surface area contributed by atoms with E-state index >= 15 is 0 Å². The Kier molecular flexibility index (Phi) is 5.72. The number of nitrogens with one attached hydrogen (secondary N) is 2. The molecule has 2 aromatic carbocycles. The van der Waals surface area contributed by atoms with E-state index < -0.39 is 6.10 Å². The fraction of sp³-hybridized carbons (Fsp3) is 0.0952. The number of carbonyl (C=O) groups excluding carboxylic acids is 2. The van der Waals surface area contributed by atoms with Crippen molar-refractivity contribution < 1.29 is 18.7 Å². The number of anilines is 2. The van der Waals surface area contributed by atoms with Crippen molar-refractivity contribution in [1.82, 2.24) is 0 Å². The summed E-state index contributed by atoms with van der Waals surface area (Å²) in [5.41, 5.74) is 1.47. The number of nitrogens with zero attached hydrogens (tertiary/aromatic N) is 1. The maximum Gasteiger partial charge on any atom is 0.291 e. The first-order chi connectivity index (χ1) is 13.6. The van der Waals surface area contributed by atoms with Crippen molar-refractivity contribution in [2.24, 2.45) is 0 Å². The van der Waals surface area contributed by atoms with Crippen LogP contribution in [0.3, 0.4) is 0 Å². The van der Waals surface area contributed by atoms with Crippen LogP contribution in [0.15, 0.2) is 71.3 Å². The molecule has 7 nitrogen and oxygen atoms in total. The Morgan fingerprint density at radius 3 is 2.32 bits per heavy atom. The van der Waals surface area contributed by atoms with Gasteiger partial charge in [0.15, 0.2) is 11.9 Å². The molecule has 2 N–H and O–H groups in total. The number of ether oxygens (including phenoxy) is 1. The van der Waals surface area contributed by atoms with E-state index in [2.05, 4.69) is 10.6 Å². The number of amides is 2. The standard InChI is InChI=1S/C21H17N3O4/c1-14(28-18-6-3-2-5-15(18)13-22)20(25)23-16-8-10-17(11-9-16)24-21(26)19-7-4-12-27-19/h2-12,14H,1H3,(H,23,25)(H,24,26). The molecule has 1 aromatic heterocycles. The zero-order chi connectivity index (χ0) is 19.9. The van der Waals surface area contributed by atoms with E-state index in [9.17, 15) is 9.59 Å². The number of para-hydroxylation sites is 1. The molecule has 140 valence electrons. The van der Waals surface area contributed by atoms with Crippen LogP contribution in [0.2, 0.25) is 0 Å². The quantitative estimate of drug-likeness (QED) is 0.682. The van der Waals surface area contributed by atoms with Gasteiger partial charge in [-0.2, -0.15) is 5.26 Å². The first kappa shape index (κ1) is 18.7. The topological polar surface area (TPSA) is 104 Å². The Hall–Kier alpha value is -4.05. The number of hydrogen-bond donors (Lipinski definition) is 2.